The molecule has 0 aliphatic heterocycles. The lowest BCUT2D eigenvalue weighted by Gasteiger charge is -2.01. The van der Waals surface area contributed by atoms with Crippen LogP contribution in [0, 0.1) is 0 Å². The molecular formula is C8H9NO2S. The highest BCUT2D eigenvalue weighted by Crippen LogP contribution is 2.07. The minimum atomic E-state index is 0.362. The molecule has 1 N–H and O–H groups in total. The maximum absolute atomic E-state index is 10.5. The minimum Gasteiger partial charge on any atom is -0.483 e. The first-order chi connectivity index (χ1) is 5.79. The Bertz CT molecular complexity index is 293. The lowest BCUT2D eigenvalue weighted by Crippen LogP contribution is -2.03. The minimum absolute atomic E-state index is 0.362. The van der Waals surface area contributed by atoms with Crippen molar-refractivity contribution in [1.82, 2.24) is 4.98 Å². The molecule has 64 valence electrons. The summed E-state index contributed by atoms with van der Waals surface area (Å²) in [5, 5.41) is 0.362. The second-order valence-corrected chi connectivity index (χ2v) is 2.53. The van der Waals surface area contributed by atoms with E-state index >= 15 is 0 Å². The molecule has 1 aromatic heterocycles. The SMILES string of the molecule is CCOC(=S)c1c[nH]cc1C=O. The van der Waals surface area contributed by atoms with Gasteiger partial charge in [0.2, 0.25) is 0 Å². The molecule has 12 heavy (non-hydrogen) atoms. The first-order valence-electron chi connectivity index (χ1n) is 3.58. The molecule has 1 heterocycles. The Hall–Kier alpha value is -1.16. The second kappa shape index (κ2) is 4.01. The highest BCUT2D eigenvalue weighted by atomic mass is 32.1. The summed E-state index contributed by atoms with van der Waals surface area (Å²) in [6, 6.07) is 0. The van der Waals surface area contributed by atoms with Gasteiger partial charge >= 0.3 is 0 Å². The summed E-state index contributed by atoms with van der Waals surface area (Å²) in [6.45, 7) is 2.36. The third-order valence-corrected chi connectivity index (χ3v) is 1.74. The largest absolute Gasteiger partial charge is 0.483 e. The number of H-pyrrole nitrogens is 1. The molecule has 0 bridgehead atoms. The van der Waals surface area contributed by atoms with Crippen LogP contribution < -0.4 is 0 Å². The number of thiocarbonyl (C=S) groups is 1. The summed E-state index contributed by atoms with van der Waals surface area (Å²) in [4.78, 5) is 13.3. The molecule has 0 saturated carbocycles. The van der Waals surface area contributed by atoms with Crippen LogP contribution >= 0.6 is 12.2 Å². The molecule has 0 aliphatic carbocycles. The number of ether oxygens (including phenoxy) is 1. The fraction of sp³-hybridized carbons (Fsp3) is 0.250. The van der Waals surface area contributed by atoms with Crippen LogP contribution in [0.25, 0.3) is 0 Å². The number of carbonyl (C=O) groups is 1. The molecular weight excluding hydrogens is 174 g/mol. The highest BCUT2D eigenvalue weighted by Gasteiger charge is 2.07. The Morgan fingerprint density at radius 3 is 3.08 bits per heavy atom. The zero-order chi connectivity index (χ0) is 8.97. The van der Waals surface area contributed by atoms with Gasteiger partial charge in [0.1, 0.15) is 0 Å². The Kier molecular flexibility index (Phi) is 2.99. The van der Waals surface area contributed by atoms with E-state index in [-0.39, 0.29) is 0 Å². The van der Waals surface area contributed by atoms with Gasteiger partial charge in [-0.25, -0.2) is 0 Å². The number of rotatable bonds is 3. The van der Waals surface area contributed by atoms with Crippen molar-refractivity contribution in [1.29, 1.82) is 0 Å². The fourth-order valence-corrected chi connectivity index (χ4v) is 1.15. The molecule has 0 saturated heterocycles. The Morgan fingerprint density at radius 2 is 2.50 bits per heavy atom. The van der Waals surface area contributed by atoms with Crippen LogP contribution in [0.15, 0.2) is 12.4 Å². The van der Waals surface area contributed by atoms with E-state index in [9.17, 15) is 4.79 Å². The number of hydrogen-bond acceptors (Lipinski definition) is 3. The monoisotopic (exact) mass is 183 g/mol. The van der Waals surface area contributed by atoms with Crippen LogP contribution in [0.1, 0.15) is 22.8 Å². The van der Waals surface area contributed by atoms with Gasteiger partial charge in [-0.2, -0.15) is 0 Å². The van der Waals surface area contributed by atoms with E-state index in [2.05, 4.69) is 4.98 Å². The van der Waals surface area contributed by atoms with Crippen molar-refractivity contribution >= 4 is 23.6 Å². The molecule has 1 rings (SSSR count). The van der Waals surface area contributed by atoms with Crippen molar-refractivity contribution in [3.8, 4) is 0 Å². The van der Waals surface area contributed by atoms with E-state index in [4.69, 9.17) is 17.0 Å². The topological polar surface area (TPSA) is 42.1 Å². The van der Waals surface area contributed by atoms with Crippen LogP contribution in [0.4, 0.5) is 0 Å². The van der Waals surface area contributed by atoms with Crippen LogP contribution in [0.3, 0.4) is 0 Å². The zero-order valence-corrected chi connectivity index (χ0v) is 7.48. The lowest BCUT2D eigenvalue weighted by atomic mass is 10.2. The van der Waals surface area contributed by atoms with Gasteiger partial charge in [-0.3, -0.25) is 4.79 Å². The predicted molar refractivity (Wildman–Crippen MR) is 49.5 cm³/mol. The van der Waals surface area contributed by atoms with Crippen LogP contribution in [0.2, 0.25) is 0 Å². The smallest absolute Gasteiger partial charge is 0.193 e. The van der Waals surface area contributed by atoms with Gasteiger partial charge < -0.3 is 9.72 Å². The van der Waals surface area contributed by atoms with E-state index < -0.39 is 0 Å². The molecule has 0 unspecified atom stereocenters. The summed E-state index contributed by atoms with van der Waals surface area (Å²) >= 11 is 4.93. The van der Waals surface area contributed by atoms with Gasteiger partial charge in [0, 0.05) is 18.0 Å². The summed E-state index contributed by atoms with van der Waals surface area (Å²) in [5.74, 6) is 0. The maximum Gasteiger partial charge on any atom is 0.193 e. The van der Waals surface area contributed by atoms with Gasteiger partial charge in [-0.05, 0) is 19.1 Å². The van der Waals surface area contributed by atoms with Gasteiger partial charge in [0.05, 0.1) is 12.2 Å². The van der Waals surface area contributed by atoms with Crippen molar-refractivity contribution < 1.29 is 9.53 Å². The molecule has 0 aromatic carbocycles. The van der Waals surface area contributed by atoms with Crippen LogP contribution in [-0.4, -0.2) is 22.9 Å². The number of nitrogens with one attached hydrogen (secondary N) is 1. The standard InChI is InChI=1S/C8H9NO2S/c1-2-11-8(12)7-4-9-3-6(7)5-10/h3-5,9H,2H2,1H3. The number of hydrogen-bond donors (Lipinski definition) is 1. The van der Waals surface area contributed by atoms with E-state index in [1.54, 1.807) is 12.4 Å². The number of aromatic amines is 1. The van der Waals surface area contributed by atoms with Gasteiger partial charge in [0.25, 0.3) is 0 Å². The predicted octanol–water partition coefficient (Wildman–Crippen LogP) is 1.54. The van der Waals surface area contributed by atoms with Crippen molar-refractivity contribution in [2.75, 3.05) is 6.61 Å². The highest BCUT2D eigenvalue weighted by molar-refractivity contribution is 7.80. The first kappa shape index (κ1) is 8.93. The number of aromatic nitrogens is 1. The quantitative estimate of drug-likeness (QED) is 0.571. The van der Waals surface area contributed by atoms with E-state index in [1.807, 2.05) is 6.92 Å². The van der Waals surface area contributed by atoms with Crippen molar-refractivity contribution in [2.45, 2.75) is 6.92 Å². The molecule has 0 aliphatic rings. The number of carbonyl (C=O) groups excluding carboxylic acids is 1. The zero-order valence-electron chi connectivity index (χ0n) is 6.66. The van der Waals surface area contributed by atoms with Crippen molar-refractivity contribution in [2.24, 2.45) is 0 Å². The average molecular weight is 183 g/mol. The summed E-state index contributed by atoms with van der Waals surface area (Å²) in [7, 11) is 0. The molecule has 0 radical (unpaired) electrons. The second-order valence-electron chi connectivity index (χ2n) is 2.16. The normalized spacial score (nSPS) is 9.42. The van der Waals surface area contributed by atoms with Crippen LogP contribution in [-0.2, 0) is 4.74 Å². The first-order valence-corrected chi connectivity index (χ1v) is 3.99. The molecule has 0 fully saturated rings. The number of aldehydes is 1. The van der Waals surface area contributed by atoms with Gasteiger partial charge in [-0.15, -0.1) is 0 Å². The van der Waals surface area contributed by atoms with Crippen molar-refractivity contribution in [3.05, 3.63) is 23.5 Å². The van der Waals surface area contributed by atoms with E-state index in [1.165, 1.54) is 0 Å². The van der Waals surface area contributed by atoms with E-state index in [0.717, 1.165) is 6.29 Å². The fourth-order valence-electron chi connectivity index (χ4n) is 0.859. The van der Waals surface area contributed by atoms with Gasteiger partial charge in [-0.1, -0.05) is 0 Å². The third kappa shape index (κ3) is 1.71. The molecule has 0 spiro atoms. The van der Waals surface area contributed by atoms with E-state index in [0.29, 0.717) is 22.8 Å². The van der Waals surface area contributed by atoms with Gasteiger partial charge in [0.15, 0.2) is 11.3 Å². The molecule has 3 nitrogen and oxygen atoms in total. The Balaban J connectivity index is 2.86. The maximum atomic E-state index is 10.5. The summed E-state index contributed by atoms with van der Waals surface area (Å²) in [6.07, 6.45) is 3.99. The average Bonchev–Trinajstić information content (AvgIpc) is 2.51. The molecule has 0 amide bonds. The third-order valence-electron chi connectivity index (χ3n) is 1.40. The lowest BCUT2D eigenvalue weighted by molar-refractivity contribution is 0.112. The van der Waals surface area contributed by atoms with Crippen LogP contribution in [0.5, 0.6) is 0 Å². The molecule has 4 heteroatoms. The Labute approximate surface area is 75.7 Å². The molecule has 0 atom stereocenters. The van der Waals surface area contributed by atoms with Crippen molar-refractivity contribution in [3.63, 3.8) is 0 Å². The molecule has 1 aromatic rings. The summed E-state index contributed by atoms with van der Waals surface area (Å²) < 4.78 is 5.08. The summed E-state index contributed by atoms with van der Waals surface area (Å²) in [5.41, 5.74) is 1.19. The Morgan fingerprint density at radius 1 is 1.75 bits per heavy atom.